The summed E-state index contributed by atoms with van der Waals surface area (Å²) in [6.07, 6.45) is 0.305. The summed E-state index contributed by atoms with van der Waals surface area (Å²) in [5.41, 5.74) is 5.28. The van der Waals surface area contributed by atoms with Gasteiger partial charge in [0.25, 0.3) is 11.8 Å². The van der Waals surface area contributed by atoms with Crippen molar-refractivity contribution in [1.29, 1.82) is 0 Å². The predicted octanol–water partition coefficient (Wildman–Crippen LogP) is 3.96. The average molecular weight is 536 g/mol. The molecule has 196 valence electrons. The number of rotatable bonds is 6. The summed E-state index contributed by atoms with van der Waals surface area (Å²) in [5.74, 6) is -0.681. The Morgan fingerprint density at radius 3 is 2.62 bits per heavy atom. The fraction of sp³-hybridized carbons (Fsp3) is 0.417. The number of anilines is 1. The smallest absolute Gasteiger partial charge is 0.338 e. The number of aromatic nitrogens is 4. The minimum Gasteiger partial charge on any atom is -0.338 e. The van der Waals surface area contributed by atoms with E-state index >= 15 is 0 Å². The molecule has 1 aromatic carbocycles. The molecule has 9 nitrogen and oxygen atoms in total. The zero-order valence-electron chi connectivity index (χ0n) is 19.9. The van der Waals surface area contributed by atoms with Gasteiger partial charge in [0.2, 0.25) is 0 Å². The number of likely N-dealkylation sites (tertiary alicyclic amines) is 1. The zero-order valence-corrected chi connectivity index (χ0v) is 20.7. The molecule has 1 aliphatic carbocycles. The molecule has 1 atom stereocenters. The van der Waals surface area contributed by atoms with Gasteiger partial charge in [-0.2, -0.15) is 18.3 Å². The molecule has 1 aliphatic heterocycles. The molecule has 1 saturated carbocycles. The van der Waals surface area contributed by atoms with Crippen molar-refractivity contribution in [1.82, 2.24) is 24.2 Å². The Balaban J connectivity index is 1.34. The van der Waals surface area contributed by atoms with E-state index in [1.807, 2.05) is 0 Å². The van der Waals surface area contributed by atoms with Crippen LogP contribution in [-0.2, 0) is 13.2 Å². The molecule has 0 spiro atoms. The Kier molecular flexibility index (Phi) is 6.48. The maximum absolute atomic E-state index is 13.6. The Morgan fingerprint density at radius 2 is 2.00 bits per heavy atom. The summed E-state index contributed by atoms with van der Waals surface area (Å²) in [4.78, 5) is 31.5. The van der Waals surface area contributed by atoms with Gasteiger partial charge in [-0.3, -0.25) is 14.3 Å². The molecule has 37 heavy (non-hydrogen) atoms. The number of nitrogens with two attached hydrogens (primary N) is 1. The molecule has 3 heterocycles. The lowest BCUT2D eigenvalue weighted by atomic mass is 10.1. The molecule has 2 amide bonds. The molecule has 0 unspecified atom stereocenters. The lowest BCUT2D eigenvalue weighted by Crippen LogP contribution is -2.30. The van der Waals surface area contributed by atoms with E-state index in [1.54, 1.807) is 11.0 Å². The van der Waals surface area contributed by atoms with Gasteiger partial charge in [0, 0.05) is 32.0 Å². The van der Waals surface area contributed by atoms with Crippen molar-refractivity contribution in [2.75, 3.05) is 25.0 Å². The third-order valence-electron chi connectivity index (χ3n) is 6.75. The van der Waals surface area contributed by atoms with E-state index in [2.05, 4.69) is 15.4 Å². The normalized spacial score (nSPS) is 17.9. The number of amides is 2. The summed E-state index contributed by atoms with van der Waals surface area (Å²) in [6.45, 7) is 1.69. The zero-order chi connectivity index (χ0) is 26.5. The number of hydrogen-bond donors (Lipinski definition) is 2. The highest BCUT2D eigenvalue weighted by Gasteiger charge is 2.40. The Bertz CT molecular complexity index is 1360. The number of benzene rings is 1. The third kappa shape index (κ3) is 4.95. The molecule has 2 aliphatic rings. The molecule has 1 saturated heterocycles. The lowest BCUT2D eigenvalue weighted by Gasteiger charge is -2.17. The van der Waals surface area contributed by atoms with Gasteiger partial charge in [0.1, 0.15) is 0 Å². The Hall–Kier alpha value is -3.38. The van der Waals surface area contributed by atoms with E-state index in [0.29, 0.717) is 30.9 Å². The first-order chi connectivity index (χ1) is 17.6. The molecule has 2 aromatic heterocycles. The van der Waals surface area contributed by atoms with E-state index in [-0.39, 0.29) is 40.0 Å². The van der Waals surface area contributed by atoms with Crippen molar-refractivity contribution in [2.45, 2.75) is 31.5 Å². The van der Waals surface area contributed by atoms with Crippen molar-refractivity contribution < 1.29 is 22.8 Å². The van der Waals surface area contributed by atoms with Crippen LogP contribution in [0.2, 0.25) is 5.02 Å². The summed E-state index contributed by atoms with van der Waals surface area (Å²) in [7, 11) is 1.46. The van der Waals surface area contributed by atoms with Gasteiger partial charge in [-0.25, -0.2) is 4.98 Å². The number of nitrogens with one attached hydrogen (secondary N) is 1. The van der Waals surface area contributed by atoms with Crippen LogP contribution in [0.25, 0.3) is 11.3 Å². The molecule has 3 N–H and O–H groups in total. The number of hydrogen-bond acceptors (Lipinski definition) is 5. The average Bonchev–Trinajstić information content (AvgIpc) is 3.25. The largest absolute Gasteiger partial charge is 0.435 e. The van der Waals surface area contributed by atoms with Gasteiger partial charge < -0.3 is 20.5 Å². The minimum absolute atomic E-state index is 0.0435. The van der Waals surface area contributed by atoms with Crippen LogP contribution in [0, 0.1) is 5.92 Å². The van der Waals surface area contributed by atoms with Crippen LogP contribution in [0.15, 0.2) is 30.6 Å². The maximum atomic E-state index is 13.6. The molecule has 0 bridgehead atoms. The van der Waals surface area contributed by atoms with Gasteiger partial charge in [-0.1, -0.05) is 11.6 Å². The van der Waals surface area contributed by atoms with E-state index in [0.717, 1.165) is 19.3 Å². The number of halogens is 4. The molecule has 5 rings (SSSR count). The van der Waals surface area contributed by atoms with Crippen LogP contribution in [0.4, 0.5) is 18.9 Å². The van der Waals surface area contributed by atoms with Gasteiger partial charge in [-0.15, -0.1) is 0 Å². The minimum atomic E-state index is -4.65. The first kappa shape index (κ1) is 25.3. The van der Waals surface area contributed by atoms with Crippen molar-refractivity contribution in [3.8, 4) is 11.3 Å². The fourth-order valence-electron chi connectivity index (χ4n) is 4.52. The fourth-order valence-corrected chi connectivity index (χ4v) is 4.78. The second-order valence-corrected chi connectivity index (χ2v) is 9.82. The van der Waals surface area contributed by atoms with E-state index < -0.39 is 17.8 Å². The number of alkyl halides is 3. The van der Waals surface area contributed by atoms with E-state index in [4.69, 9.17) is 17.3 Å². The van der Waals surface area contributed by atoms with Crippen molar-refractivity contribution in [3.05, 3.63) is 52.7 Å². The molecule has 0 radical (unpaired) electrons. The van der Waals surface area contributed by atoms with Gasteiger partial charge in [-0.05, 0) is 49.9 Å². The van der Waals surface area contributed by atoms with Crippen molar-refractivity contribution >= 4 is 29.1 Å². The second kappa shape index (κ2) is 9.49. The number of carbonyl (C=O) groups excluding carboxylic acids is 2. The number of carbonyl (C=O) groups is 2. The number of imidazole rings is 1. The first-order valence-electron chi connectivity index (χ1n) is 11.9. The Morgan fingerprint density at radius 1 is 1.24 bits per heavy atom. The summed E-state index contributed by atoms with van der Waals surface area (Å²) in [6, 6.07) is 4.48. The van der Waals surface area contributed by atoms with Gasteiger partial charge >= 0.3 is 6.18 Å². The second-order valence-electron chi connectivity index (χ2n) is 9.42. The highest BCUT2D eigenvalue weighted by Crippen LogP contribution is 2.41. The van der Waals surface area contributed by atoms with Crippen LogP contribution in [-0.4, -0.2) is 55.7 Å². The standard InChI is InChI=1S/C24H25ClF3N7O2/c1-33-19(17-12-35(15-3-4-15)32-20(17)24(26,27)28)10-30-21(33)22(36)31-14-2-5-16(18(25)8-14)23(37)34-7-6-13(9-29)11-34/h2,5,8,10,12-13,15H,3-4,6-7,9,11,29H2,1H3,(H,31,36)/t13-/m0/s1. The summed E-state index contributed by atoms with van der Waals surface area (Å²) >= 11 is 6.35. The SMILES string of the molecule is Cn1c(-c2cn(C3CC3)nc2C(F)(F)F)cnc1C(=O)Nc1ccc(C(=O)N2CC[C@@H](CN)C2)c(Cl)c1. The van der Waals surface area contributed by atoms with Crippen LogP contribution in [0.3, 0.4) is 0 Å². The molecule has 3 aromatic rings. The first-order valence-corrected chi connectivity index (χ1v) is 12.2. The van der Waals surface area contributed by atoms with Crippen LogP contribution < -0.4 is 11.1 Å². The van der Waals surface area contributed by atoms with Crippen molar-refractivity contribution in [3.63, 3.8) is 0 Å². The quantitative estimate of drug-likeness (QED) is 0.496. The third-order valence-corrected chi connectivity index (χ3v) is 7.07. The van der Waals surface area contributed by atoms with Crippen LogP contribution >= 0.6 is 11.6 Å². The monoisotopic (exact) mass is 535 g/mol. The van der Waals surface area contributed by atoms with Crippen LogP contribution in [0.1, 0.15) is 52.0 Å². The number of nitrogens with zero attached hydrogens (tertiary/aromatic N) is 5. The van der Waals surface area contributed by atoms with E-state index in [1.165, 1.54) is 40.8 Å². The molecule has 2 fully saturated rings. The topological polar surface area (TPSA) is 111 Å². The summed E-state index contributed by atoms with van der Waals surface area (Å²) in [5, 5.41) is 6.56. The molecular weight excluding hydrogens is 511 g/mol. The molecular formula is C24H25ClF3N7O2. The van der Waals surface area contributed by atoms with Gasteiger partial charge in [0.15, 0.2) is 11.5 Å². The summed E-state index contributed by atoms with van der Waals surface area (Å²) < 4.78 is 43.6. The highest BCUT2D eigenvalue weighted by atomic mass is 35.5. The lowest BCUT2D eigenvalue weighted by molar-refractivity contribution is -0.141. The highest BCUT2D eigenvalue weighted by molar-refractivity contribution is 6.34. The van der Waals surface area contributed by atoms with Crippen molar-refractivity contribution in [2.24, 2.45) is 18.7 Å². The predicted molar refractivity (Wildman–Crippen MR) is 130 cm³/mol. The van der Waals surface area contributed by atoms with Crippen LogP contribution in [0.5, 0.6) is 0 Å². The Labute approximate surface area is 215 Å². The van der Waals surface area contributed by atoms with E-state index in [9.17, 15) is 22.8 Å². The maximum Gasteiger partial charge on any atom is 0.435 e. The van der Waals surface area contributed by atoms with Gasteiger partial charge in [0.05, 0.1) is 34.1 Å². The molecule has 13 heteroatoms.